The highest BCUT2D eigenvalue weighted by Crippen LogP contribution is 2.36. The molecular weight excluding hydrogens is 254 g/mol. The molecule has 0 saturated heterocycles. The Hall–Kier alpha value is -1.27. The molecule has 1 aliphatic heterocycles. The van der Waals surface area contributed by atoms with Gasteiger partial charge in [0, 0.05) is 12.1 Å². The molecule has 1 fully saturated rings. The third kappa shape index (κ3) is 1.85. The molecule has 2 aliphatic rings. The van der Waals surface area contributed by atoms with Gasteiger partial charge in [0.1, 0.15) is 13.2 Å². The van der Waals surface area contributed by atoms with Crippen LogP contribution in [0.15, 0.2) is 23.1 Å². The highest BCUT2D eigenvalue weighted by Gasteiger charge is 2.38. The zero-order chi connectivity index (χ0) is 12.8. The molecule has 6 heteroatoms. The number of fused-ring (bicyclic) bond motifs is 1. The lowest BCUT2D eigenvalue weighted by molar-refractivity contribution is 0.171. The van der Waals surface area contributed by atoms with Crippen molar-refractivity contribution in [2.75, 3.05) is 13.2 Å². The van der Waals surface area contributed by atoms with E-state index in [4.69, 9.17) is 15.2 Å². The molecule has 0 radical (unpaired) electrons. The van der Waals surface area contributed by atoms with Gasteiger partial charge in [-0.1, -0.05) is 0 Å². The minimum absolute atomic E-state index is 0.0157. The van der Waals surface area contributed by atoms with Gasteiger partial charge in [-0.3, -0.25) is 0 Å². The molecular formula is C12H15NO4S. The maximum atomic E-state index is 12.3. The third-order valence-corrected chi connectivity index (χ3v) is 5.59. The summed E-state index contributed by atoms with van der Waals surface area (Å²) in [7, 11) is -3.28. The topological polar surface area (TPSA) is 78.6 Å². The van der Waals surface area contributed by atoms with Gasteiger partial charge in [0.2, 0.25) is 0 Å². The Labute approximate surface area is 106 Å². The van der Waals surface area contributed by atoms with E-state index >= 15 is 0 Å². The normalized spacial score (nSPS) is 26.5. The molecule has 0 bridgehead atoms. The molecule has 1 aromatic rings. The Kier molecular flexibility index (Phi) is 2.71. The van der Waals surface area contributed by atoms with E-state index in [1.165, 1.54) is 0 Å². The molecule has 0 aromatic heterocycles. The second-order valence-electron chi connectivity index (χ2n) is 4.70. The number of hydrogen-bond acceptors (Lipinski definition) is 5. The lowest BCUT2D eigenvalue weighted by atomic mass is 9.93. The van der Waals surface area contributed by atoms with E-state index in [1.807, 2.05) is 0 Å². The Bertz CT molecular complexity index is 563. The van der Waals surface area contributed by atoms with Crippen LogP contribution in [0.3, 0.4) is 0 Å². The van der Waals surface area contributed by atoms with Crippen LogP contribution in [0.5, 0.6) is 11.5 Å². The predicted molar refractivity (Wildman–Crippen MR) is 65.6 cm³/mol. The maximum absolute atomic E-state index is 12.3. The fraction of sp³-hybridized carbons (Fsp3) is 0.500. The number of ether oxygens (including phenoxy) is 2. The Morgan fingerprint density at radius 2 is 1.78 bits per heavy atom. The summed E-state index contributed by atoms with van der Waals surface area (Å²) in [6, 6.07) is 4.79. The standard InChI is InChI=1S/C12H15NO4S/c13-8-5-10(6-8)18(14,15)9-1-2-11-12(7-9)17-4-3-16-11/h1-2,7-8,10H,3-6,13H2. The monoisotopic (exact) mass is 269 g/mol. The molecule has 0 atom stereocenters. The first-order valence-electron chi connectivity index (χ1n) is 5.96. The van der Waals surface area contributed by atoms with E-state index in [2.05, 4.69) is 0 Å². The van der Waals surface area contributed by atoms with E-state index < -0.39 is 9.84 Å². The van der Waals surface area contributed by atoms with E-state index in [0.29, 0.717) is 42.4 Å². The largest absolute Gasteiger partial charge is 0.486 e. The van der Waals surface area contributed by atoms with Crippen LogP contribution in [0, 0.1) is 0 Å². The van der Waals surface area contributed by atoms with Crippen molar-refractivity contribution in [1.29, 1.82) is 0 Å². The van der Waals surface area contributed by atoms with Crippen LogP contribution >= 0.6 is 0 Å². The zero-order valence-corrected chi connectivity index (χ0v) is 10.7. The van der Waals surface area contributed by atoms with Gasteiger partial charge in [0.15, 0.2) is 21.3 Å². The molecule has 18 heavy (non-hydrogen) atoms. The van der Waals surface area contributed by atoms with Gasteiger partial charge in [0.05, 0.1) is 10.1 Å². The Morgan fingerprint density at radius 1 is 1.11 bits per heavy atom. The lowest BCUT2D eigenvalue weighted by Crippen LogP contribution is -2.44. The minimum Gasteiger partial charge on any atom is -0.486 e. The zero-order valence-electron chi connectivity index (χ0n) is 9.83. The van der Waals surface area contributed by atoms with E-state index in [1.54, 1.807) is 18.2 Å². The third-order valence-electron chi connectivity index (χ3n) is 3.41. The Balaban J connectivity index is 1.92. The van der Waals surface area contributed by atoms with Gasteiger partial charge in [-0.15, -0.1) is 0 Å². The fourth-order valence-electron chi connectivity index (χ4n) is 2.25. The van der Waals surface area contributed by atoms with Crippen LogP contribution in [-0.2, 0) is 9.84 Å². The molecule has 0 amide bonds. The van der Waals surface area contributed by atoms with E-state index in [0.717, 1.165) is 0 Å². The second kappa shape index (κ2) is 4.13. The van der Waals surface area contributed by atoms with Crippen LogP contribution < -0.4 is 15.2 Å². The number of nitrogens with two attached hydrogens (primary N) is 1. The highest BCUT2D eigenvalue weighted by atomic mass is 32.2. The van der Waals surface area contributed by atoms with Crippen LogP contribution in [-0.4, -0.2) is 32.9 Å². The van der Waals surface area contributed by atoms with Crippen molar-refractivity contribution in [1.82, 2.24) is 0 Å². The number of sulfone groups is 1. The van der Waals surface area contributed by atoms with Crippen LogP contribution in [0.4, 0.5) is 0 Å². The molecule has 1 saturated carbocycles. The van der Waals surface area contributed by atoms with E-state index in [9.17, 15) is 8.42 Å². The molecule has 1 heterocycles. The lowest BCUT2D eigenvalue weighted by Gasteiger charge is -2.32. The maximum Gasteiger partial charge on any atom is 0.181 e. The quantitative estimate of drug-likeness (QED) is 0.856. The number of hydrogen-bond donors (Lipinski definition) is 1. The molecule has 98 valence electrons. The fourth-order valence-corrected chi connectivity index (χ4v) is 4.17. The van der Waals surface area contributed by atoms with Gasteiger partial charge >= 0.3 is 0 Å². The number of rotatable bonds is 2. The summed E-state index contributed by atoms with van der Waals surface area (Å²) in [4.78, 5) is 0.295. The SMILES string of the molecule is NC1CC(S(=O)(=O)c2ccc3c(c2)OCCO3)C1. The summed E-state index contributed by atoms with van der Waals surface area (Å²) in [6.45, 7) is 0.946. The summed E-state index contributed by atoms with van der Waals surface area (Å²) >= 11 is 0. The van der Waals surface area contributed by atoms with Gasteiger partial charge in [-0.25, -0.2) is 8.42 Å². The summed E-state index contributed by atoms with van der Waals surface area (Å²) in [6.07, 6.45) is 1.08. The predicted octanol–water partition coefficient (Wildman–Crippen LogP) is 0.721. The van der Waals surface area contributed by atoms with Crippen molar-refractivity contribution >= 4 is 9.84 Å². The highest BCUT2D eigenvalue weighted by molar-refractivity contribution is 7.92. The second-order valence-corrected chi connectivity index (χ2v) is 6.93. The molecule has 0 spiro atoms. The molecule has 2 N–H and O–H groups in total. The summed E-state index contributed by atoms with van der Waals surface area (Å²) in [5, 5.41) is -0.352. The van der Waals surface area contributed by atoms with Crippen molar-refractivity contribution in [3.63, 3.8) is 0 Å². The first kappa shape index (κ1) is 11.8. The molecule has 0 unspecified atom stereocenters. The van der Waals surface area contributed by atoms with Crippen molar-refractivity contribution in [2.24, 2.45) is 5.73 Å². The van der Waals surface area contributed by atoms with Gasteiger partial charge < -0.3 is 15.2 Å². The smallest absolute Gasteiger partial charge is 0.181 e. The summed E-state index contributed by atoms with van der Waals surface area (Å²) in [5.41, 5.74) is 5.65. The van der Waals surface area contributed by atoms with Crippen LogP contribution in [0.1, 0.15) is 12.8 Å². The molecule has 3 rings (SSSR count). The summed E-state index contributed by atoms with van der Waals surface area (Å²) < 4.78 is 35.4. The van der Waals surface area contributed by atoms with E-state index in [-0.39, 0.29) is 11.3 Å². The molecule has 5 nitrogen and oxygen atoms in total. The van der Waals surface area contributed by atoms with Crippen LogP contribution in [0.25, 0.3) is 0 Å². The first-order valence-corrected chi connectivity index (χ1v) is 7.51. The Morgan fingerprint density at radius 3 is 2.44 bits per heavy atom. The summed E-state index contributed by atoms with van der Waals surface area (Å²) in [5.74, 6) is 1.11. The van der Waals surface area contributed by atoms with Crippen molar-refractivity contribution < 1.29 is 17.9 Å². The van der Waals surface area contributed by atoms with Crippen molar-refractivity contribution in [2.45, 2.75) is 29.0 Å². The number of benzene rings is 1. The van der Waals surface area contributed by atoms with Crippen molar-refractivity contribution in [3.8, 4) is 11.5 Å². The average Bonchev–Trinajstić information content (AvgIpc) is 2.34. The first-order chi connectivity index (χ1) is 8.57. The minimum atomic E-state index is -3.28. The van der Waals surface area contributed by atoms with Gasteiger partial charge in [-0.2, -0.15) is 0 Å². The van der Waals surface area contributed by atoms with Crippen molar-refractivity contribution in [3.05, 3.63) is 18.2 Å². The average molecular weight is 269 g/mol. The molecule has 1 aromatic carbocycles. The molecule has 1 aliphatic carbocycles. The van der Waals surface area contributed by atoms with Gasteiger partial charge in [-0.05, 0) is 25.0 Å². The van der Waals surface area contributed by atoms with Crippen LogP contribution in [0.2, 0.25) is 0 Å². The van der Waals surface area contributed by atoms with Gasteiger partial charge in [0.25, 0.3) is 0 Å².